The van der Waals surface area contributed by atoms with Crippen LogP contribution in [0.3, 0.4) is 0 Å². The number of unbranched alkanes of at least 4 members (excludes halogenated alkanes) is 2. The van der Waals surface area contributed by atoms with Gasteiger partial charge >= 0.3 is 5.97 Å². The van der Waals surface area contributed by atoms with Crippen LogP contribution < -0.4 is 0 Å². The smallest absolute Gasteiger partial charge is 0.305 e. The van der Waals surface area contributed by atoms with Crippen LogP contribution in [0.5, 0.6) is 0 Å². The average molecular weight is 269 g/mol. The number of rotatable bonds is 7. The Morgan fingerprint density at radius 2 is 2.11 bits per heavy atom. The van der Waals surface area contributed by atoms with Crippen LogP contribution in [0, 0.1) is 11.8 Å². The molecule has 0 spiro atoms. The van der Waals surface area contributed by atoms with Crippen molar-refractivity contribution < 1.29 is 14.6 Å². The van der Waals surface area contributed by atoms with Crippen molar-refractivity contribution in [3.63, 3.8) is 0 Å². The van der Waals surface area contributed by atoms with E-state index in [1.54, 1.807) is 0 Å². The van der Waals surface area contributed by atoms with E-state index in [0.717, 1.165) is 44.7 Å². The number of carbonyl (C=O) groups is 1. The largest absolute Gasteiger partial charge is 0.466 e. The molecule has 1 saturated heterocycles. The van der Waals surface area contributed by atoms with Crippen LogP contribution in [0.4, 0.5) is 0 Å². The molecule has 0 aromatic rings. The lowest BCUT2D eigenvalue weighted by Gasteiger charge is -2.17. The Kier molecular flexibility index (Phi) is 5.64. The van der Waals surface area contributed by atoms with E-state index < -0.39 is 0 Å². The second-order valence-electron chi connectivity index (χ2n) is 5.94. The number of hydrogen-bond donors (Lipinski definition) is 1. The Hall–Kier alpha value is -0.610. The molecule has 0 amide bonds. The van der Waals surface area contributed by atoms with Crippen LogP contribution in [-0.2, 0) is 9.53 Å². The van der Waals surface area contributed by atoms with Crippen LogP contribution in [0.1, 0.15) is 45.4 Å². The van der Waals surface area contributed by atoms with E-state index in [1.807, 2.05) is 6.92 Å². The van der Waals surface area contributed by atoms with Crippen LogP contribution in [0.2, 0.25) is 0 Å². The first kappa shape index (κ1) is 14.8. The van der Waals surface area contributed by atoms with Crippen molar-refractivity contribution in [3.8, 4) is 0 Å². The maximum absolute atomic E-state index is 11.2. The van der Waals surface area contributed by atoms with Crippen molar-refractivity contribution in [1.29, 1.82) is 0 Å². The number of likely N-dealkylation sites (tertiary alicyclic amines) is 1. The summed E-state index contributed by atoms with van der Waals surface area (Å²) in [4.78, 5) is 13.7. The van der Waals surface area contributed by atoms with Crippen molar-refractivity contribution in [3.05, 3.63) is 0 Å². The number of esters is 1. The number of ether oxygens (including phenoxy) is 1. The zero-order chi connectivity index (χ0) is 13.7. The fraction of sp³-hybridized carbons (Fsp3) is 0.933. The predicted molar refractivity (Wildman–Crippen MR) is 73.8 cm³/mol. The standard InChI is InChI=1S/C15H27NO3/c1-2-19-15(18)6-4-3-5-9-16-10-12-7-8-14(17)13(12)11-16/h12-14,17H,2-11H2,1H3. The molecule has 1 saturated carbocycles. The van der Waals surface area contributed by atoms with Crippen molar-refractivity contribution >= 4 is 5.97 Å². The van der Waals surface area contributed by atoms with Gasteiger partial charge in [-0.25, -0.2) is 0 Å². The molecule has 2 rings (SSSR count). The second-order valence-corrected chi connectivity index (χ2v) is 5.94. The first-order valence-corrected chi connectivity index (χ1v) is 7.76. The molecule has 1 N–H and O–H groups in total. The van der Waals surface area contributed by atoms with E-state index in [1.165, 1.54) is 13.0 Å². The van der Waals surface area contributed by atoms with Gasteiger partial charge in [-0.2, -0.15) is 0 Å². The van der Waals surface area contributed by atoms with Crippen LogP contribution in [-0.4, -0.2) is 48.3 Å². The highest BCUT2D eigenvalue weighted by Crippen LogP contribution is 2.37. The summed E-state index contributed by atoms with van der Waals surface area (Å²) in [6, 6.07) is 0. The lowest BCUT2D eigenvalue weighted by Crippen LogP contribution is -2.25. The summed E-state index contributed by atoms with van der Waals surface area (Å²) < 4.78 is 4.91. The van der Waals surface area contributed by atoms with Crippen molar-refractivity contribution in [2.24, 2.45) is 11.8 Å². The van der Waals surface area contributed by atoms with Gasteiger partial charge < -0.3 is 14.7 Å². The zero-order valence-corrected chi connectivity index (χ0v) is 12.0. The molecule has 0 bridgehead atoms. The number of nitrogens with zero attached hydrogens (tertiary/aromatic N) is 1. The Morgan fingerprint density at radius 3 is 2.84 bits per heavy atom. The summed E-state index contributed by atoms with van der Waals surface area (Å²) in [7, 11) is 0. The lowest BCUT2D eigenvalue weighted by atomic mass is 10.00. The molecule has 19 heavy (non-hydrogen) atoms. The molecule has 3 unspecified atom stereocenters. The van der Waals surface area contributed by atoms with Gasteiger partial charge in [0, 0.05) is 25.4 Å². The van der Waals surface area contributed by atoms with Crippen LogP contribution >= 0.6 is 0 Å². The minimum absolute atomic E-state index is 0.0567. The highest BCUT2D eigenvalue weighted by Gasteiger charge is 2.41. The van der Waals surface area contributed by atoms with E-state index in [4.69, 9.17) is 4.74 Å². The molecule has 3 atom stereocenters. The second kappa shape index (κ2) is 7.25. The molecule has 1 heterocycles. The van der Waals surface area contributed by atoms with E-state index >= 15 is 0 Å². The summed E-state index contributed by atoms with van der Waals surface area (Å²) >= 11 is 0. The maximum atomic E-state index is 11.2. The highest BCUT2D eigenvalue weighted by molar-refractivity contribution is 5.69. The molecule has 0 aromatic heterocycles. The third-order valence-electron chi connectivity index (χ3n) is 4.56. The third-order valence-corrected chi connectivity index (χ3v) is 4.56. The molecule has 2 aliphatic rings. The summed E-state index contributed by atoms with van der Waals surface area (Å²) in [5.41, 5.74) is 0. The molecule has 4 nitrogen and oxygen atoms in total. The zero-order valence-electron chi connectivity index (χ0n) is 12.0. The van der Waals surface area contributed by atoms with Crippen LogP contribution in [0.15, 0.2) is 0 Å². The SMILES string of the molecule is CCOC(=O)CCCCCN1CC2CCC(O)C2C1. The number of aliphatic hydroxyl groups excluding tert-OH is 1. The monoisotopic (exact) mass is 269 g/mol. The van der Waals surface area contributed by atoms with Gasteiger partial charge in [-0.1, -0.05) is 6.42 Å². The molecule has 0 radical (unpaired) electrons. The van der Waals surface area contributed by atoms with Gasteiger partial charge in [0.15, 0.2) is 0 Å². The van der Waals surface area contributed by atoms with E-state index in [0.29, 0.717) is 18.9 Å². The van der Waals surface area contributed by atoms with Gasteiger partial charge in [0.05, 0.1) is 12.7 Å². The number of aliphatic hydroxyl groups is 1. The van der Waals surface area contributed by atoms with Crippen molar-refractivity contribution in [1.82, 2.24) is 4.90 Å². The number of carbonyl (C=O) groups excluding carboxylic acids is 1. The Morgan fingerprint density at radius 1 is 1.26 bits per heavy atom. The van der Waals surface area contributed by atoms with E-state index in [9.17, 15) is 9.90 Å². The topological polar surface area (TPSA) is 49.8 Å². The summed E-state index contributed by atoms with van der Waals surface area (Å²) in [5, 5.41) is 9.86. The van der Waals surface area contributed by atoms with Gasteiger partial charge in [0.25, 0.3) is 0 Å². The van der Waals surface area contributed by atoms with Crippen molar-refractivity contribution in [2.75, 3.05) is 26.2 Å². The molecular formula is C15H27NO3. The normalized spacial score (nSPS) is 30.5. The van der Waals surface area contributed by atoms with Gasteiger partial charge in [0.1, 0.15) is 0 Å². The Bertz CT molecular complexity index is 295. The molecule has 0 aromatic carbocycles. The molecular weight excluding hydrogens is 242 g/mol. The fourth-order valence-electron chi connectivity index (χ4n) is 3.53. The first-order valence-electron chi connectivity index (χ1n) is 7.76. The predicted octanol–water partition coefficient (Wildman–Crippen LogP) is 1.81. The van der Waals surface area contributed by atoms with Gasteiger partial charge in [0.2, 0.25) is 0 Å². The molecule has 1 aliphatic heterocycles. The van der Waals surface area contributed by atoms with Gasteiger partial charge in [-0.3, -0.25) is 4.79 Å². The van der Waals surface area contributed by atoms with E-state index in [2.05, 4.69) is 4.90 Å². The molecule has 1 aliphatic carbocycles. The average Bonchev–Trinajstić information content (AvgIpc) is 2.92. The minimum Gasteiger partial charge on any atom is -0.466 e. The summed E-state index contributed by atoms with van der Waals surface area (Å²) in [6.45, 7) is 5.68. The molecule has 2 fully saturated rings. The molecule has 110 valence electrons. The van der Waals surface area contributed by atoms with Crippen LogP contribution in [0.25, 0.3) is 0 Å². The Balaban J connectivity index is 1.52. The third kappa shape index (κ3) is 4.18. The fourth-order valence-corrected chi connectivity index (χ4v) is 3.53. The number of hydrogen-bond acceptors (Lipinski definition) is 4. The highest BCUT2D eigenvalue weighted by atomic mass is 16.5. The quantitative estimate of drug-likeness (QED) is 0.566. The maximum Gasteiger partial charge on any atom is 0.305 e. The van der Waals surface area contributed by atoms with Gasteiger partial charge in [-0.05, 0) is 45.1 Å². The lowest BCUT2D eigenvalue weighted by molar-refractivity contribution is -0.143. The summed E-state index contributed by atoms with van der Waals surface area (Å²) in [5.74, 6) is 1.19. The minimum atomic E-state index is -0.0682. The first-order chi connectivity index (χ1) is 9.20. The van der Waals surface area contributed by atoms with Gasteiger partial charge in [-0.15, -0.1) is 0 Å². The van der Waals surface area contributed by atoms with E-state index in [-0.39, 0.29) is 12.1 Å². The molecule has 4 heteroatoms. The van der Waals surface area contributed by atoms with Crippen molar-refractivity contribution in [2.45, 2.75) is 51.6 Å². The Labute approximate surface area is 116 Å². The summed E-state index contributed by atoms with van der Waals surface area (Å²) in [6.07, 6.45) is 5.87. The number of fused-ring (bicyclic) bond motifs is 1.